The van der Waals surface area contributed by atoms with Crippen LogP contribution in [0.3, 0.4) is 0 Å². The van der Waals surface area contributed by atoms with Gasteiger partial charge in [0.25, 0.3) is 0 Å². The number of aliphatic hydroxyl groups excluding tert-OH is 1. The van der Waals surface area contributed by atoms with Gasteiger partial charge in [0.05, 0.1) is 33.0 Å². The fourth-order valence-corrected chi connectivity index (χ4v) is 6.75. The van der Waals surface area contributed by atoms with E-state index in [9.17, 15) is 5.11 Å². The van der Waals surface area contributed by atoms with Gasteiger partial charge in [0, 0.05) is 0 Å². The summed E-state index contributed by atoms with van der Waals surface area (Å²) in [7, 11) is 0. The second kappa shape index (κ2) is 19.3. The smallest absolute Gasteiger partial charge is 0.143 e. The van der Waals surface area contributed by atoms with Crippen molar-refractivity contribution in [1.82, 2.24) is 0 Å². The van der Waals surface area contributed by atoms with Gasteiger partial charge in [-0.3, -0.25) is 0 Å². The lowest BCUT2D eigenvalue weighted by atomic mass is 9.80. The lowest BCUT2D eigenvalue weighted by molar-refractivity contribution is -0.0270. The van der Waals surface area contributed by atoms with Crippen molar-refractivity contribution in [3.63, 3.8) is 0 Å². The van der Waals surface area contributed by atoms with Gasteiger partial charge in [-0.2, -0.15) is 0 Å². The molecule has 0 bridgehead atoms. The van der Waals surface area contributed by atoms with Crippen LogP contribution in [0.25, 0.3) is 0 Å². The minimum Gasteiger partial charge on any atom is -0.394 e. The molecule has 266 valence electrons. The zero-order valence-corrected chi connectivity index (χ0v) is 29.9. The summed E-state index contributed by atoms with van der Waals surface area (Å²) in [6, 6.07) is 71.9. The molecule has 1 N–H and O–H groups in total. The maximum atomic E-state index is 9.35. The monoisotopic (exact) mass is 698 g/mol. The van der Waals surface area contributed by atoms with E-state index in [0.717, 1.165) is 38.9 Å². The first-order valence-electron chi connectivity index (χ1n) is 18.1. The maximum Gasteiger partial charge on any atom is 0.143 e. The van der Waals surface area contributed by atoms with Gasteiger partial charge in [0.15, 0.2) is 0 Å². The van der Waals surface area contributed by atoms with Crippen LogP contribution in [0.5, 0.6) is 0 Å². The highest BCUT2D eigenvalue weighted by molar-refractivity contribution is 5.48. The number of benzene rings is 7. The van der Waals surface area contributed by atoms with Gasteiger partial charge < -0.3 is 19.3 Å². The van der Waals surface area contributed by atoms with Crippen LogP contribution in [0.4, 0.5) is 0 Å². The molecule has 53 heavy (non-hydrogen) atoms. The molecule has 0 radical (unpaired) electrons. The molecule has 7 aromatic rings. The number of hydrogen-bond donors (Lipinski definition) is 1. The molecule has 0 saturated heterocycles. The van der Waals surface area contributed by atoms with Crippen molar-refractivity contribution in [3.8, 4) is 0 Å². The first-order chi connectivity index (χ1) is 26.3. The van der Waals surface area contributed by atoms with Crippen molar-refractivity contribution < 1.29 is 19.3 Å². The van der Waals surface area contributed by atoms with Crippen LogP contribution >= 0.6 is 0 Å². The standard InChI is InChI=1S/C28H26O2.C21H20O2/c1-5-13-24(14-6-1)23-29-21-22-30-28(25-15-7-2-8-16-25,26-17-9-3-10-18-26)27-19-11-4-12-20-27;22-16-17-23-21(18-10-4-1-5-11-18,19-12-6-2-7-13-19)20-14-8-3-9-15-20/h1-20H,21-23H2;1-15,22H,16-17H2. The molecule has 0 aliphatic carbocycles. The molecule has 7 rings (SSSR count). The van der Waals surface area contributed by atoms with Gasteiger partial charge in [-0.1, -0.05) is 212 Å². The number of aliphatic hydroxyl groups is 1. The molecule has 0 spiro atoms. The lowest BCUT2D eigenvalue weighted by Gasteiger charge is -2.36. The summed E-state index contributed by atoms with van der Waals surface area (Å²) in [5.74, 6) is 0. The summed E-state index contributed by atoms with van der Waals surface area (Å²) >= 11 is 0. The molecule has 0 aliphatic rings. The predicted molar refractivity (Wildman–Crippen MR) is 214 cm³/mol. The van der Waals surface area contributed by atoms with Gasteiger partial charge in [-0.25, -0.2) is 0 Å². The Morgan fingerprint density at radius 2 is 0.585 bits per heavy atom. The predicted octanol–water partition coefficient (Wildman–Crippen LogP) is 10.2. The minimum absolute atomic E-state index is 0.0196. The van der Waals surface area contributed by atoms with Crippen LogP contribution in [-0.2, 0) is 32.0 Å². The Hall–Kier alpha value is -5.62. The van der Waals surface area contributed by atoms with Crippen molar-refractivity contribution in [2.24, 2.45) is 0 Å². The van der Waals surface area contributed by atoms with E-state index in [1.54, 1.807) is 0 Å². The third kappa shape index (κ3) is 9.07. The molecule has 0 unspecified atom stereocenters. The molecule has 0 fully saturated rings. The molecule has 4 heteroatoms. The van der Waals surface area contributed by atoms with E-state index in [4.69, 9.17) is 14.2 Å². The summed E-state index contributed by atoms with van der Waals surface area (Å²) < 4.78 is 18.9. The molecule has 0 aliphatic heterocycles. The zero-order chi connectivity index (χ0) is 36.4. The Bertz CT molecular complexity index is 1810. The Balaban J connectivity index is 0.000000188. The van der Waals surface area contributed by atoms with Crippen molar-refractivity contribution >= 4 is 0 Å². The molecule has 0 heterocycles. The summed E-state index contributed by atoms with van der Waals surface area (Å²) in [6.07, 6.45) is 0. The maximum absolute atomic E-state index is 9.35. The van der Waals surface area contributed by atoms with Gasteiger partial charge in [0.1, 0.15) is 11.2 Å². The van der Waals surface area contributed by atoms with Crippen molar-refractivity contribution in [3.05, 3.63) is 251 Å². The normalized spacial score (nSPS) is 11.3. The Kier molecular flexibility index (Phi) is 13.5. The van der Waals surface area contributed by atoms with Crippen molar-refractivity contribution in [2.75, 3.05) is 26.4 Å². The molecule has 0 saturated carbocycles. The number of hydrogen-bond acceptors (Lipinski definition) is 4. The van der Waals surface area contributed by atoms with Crippen LogP contribution in [0, 0.1) is 0 Å². The van der Waals surface area contributed by atoms with Crippen molar-refractivity contribution in [1.29, 1.82) is 0 Å². The highest BCUT2D eigenvalue weighted by Crippen LogP contribution is 2.41. The van der Waals surface area contributed by atoms with E-state index in [1.807, 2.05) is 91.0 Å². The van der Waals surface area contributed by atoms with E-state index in [2.05, 4.69) is 121 Å². The van der Waals surface area contributed by atoms with E-state index in [1.165, 1.54) is 0 Å². The quantitative estimate of drug-likeness (QED) is 0.0856. The average Bonchev–Trinajstić information content (AvgIpc) is 3.25. The number of ether oxygens (including phenoxy) is 3. The first-order valence-corrected chi connectivity index (χ1v) is 18.1. The molecule has 0 amide bonds. The Morgan fingerprint density at radius 1 is 0.321 bits per heavy atom. The second-order valence-corrected chi connectivity index (χ2v) is 12.5. The van der Waals surface area contributed by atoms with Crippen molar-refractivity contribution in [2.45, 2.75) is 17.8 Å². The Labute approximate surface area is 313 Å². The fourth-order valence-electron chi connectivity index (χ4n) is 6.75. The van der Waals surface area contributed by atoms with E-state index >= 15 is 0 Å². The highest BCUT2D eigenvalue weighted by Gasteiger charge is 2.38. The van der Waals surface area contributed by atoms with E-state index < -0.39 is 11.2 Å². The molecular weight excluding hydrogens is 653 g/mol. The summed E-state index contributed by atoms with van der Waals surface area (Å²) in [4.78, 5) is 0. The van der Waals surface area contributed by atoms with E-state index in [0.29, 0.717) is 19.8 Å². The minimum atomic E-state index is -0.730. The largest absolute Gasteiger partial charge is 0.394 e. The lowest BCUT2D eigenvalue weighted by Crippen LogP contribution is -2.34. The number of rotatable bonds is 15. The van der Waals surface area contributed by atoms with Crippen LogP contribution in [0.2, 0.25) is 0 Å². The van der Waals surface area contributed by atoms with Gasteiger partial charge in [0.2, 0.25) is 0 Å². The third-order valence-corrected chi connectivity index (χ3v) is 9.15. The highest BCUT2D eigenvalue weighted by atomic mass is 16.5. The topological polar surface area (TPSA) is 47.9 Å². The summed E-state index contributed by atoms with van der Waals surface area (Å²) in [6.45, 7) is 1.82. The Morgan fingerprint density at radius 3 is 0.868 bits per heavy atom. The zero-order valence-electron chi connectivity index (χ0n) is 29.9. The molecular formula is C49H46O4. The first kappa shape index (κ1) is 37.1. The second-order valence-electron chi connectivity index (χ2n) is 12.5. The van der Waals surface area contributed by atoms with Gasteiger partial charge in [-0.05, 0) is 38.9 Å². The van der Waals surface area contributed by atoms with Crippen LogP contribution in [0.15, 0.2) is 212 Å². The van der Waals surface area contributed by atoms with E-state index in [-0.39, 0.29) is 13.2 Å². The van der Waals surface area contributed by atoms with Gasteiger partial charge in [-0.15, -0.1) is 0 Å². The van der Waals surface area contributed by atoms with Crippen LogP contribution < -0.4 is 0 Å². The molecule has 7 aromatic carbocycles. The van der Waals surface area contributed by atoms with Crippen LogP contribution in [-0.4, -0.2) is 31.5 Å². The summed E-state index contributed by atoms with van der Waals surface area (Å²) in [5, 5.41) is 9.35. The average molecular weight is 699 g/mol. The molecule has 0 atom stereocenters. The van der Waals surface area contributed by atoms with Crippen LogP contribution in [0.1, 0.15) is 38.9 Å². The SMILES string of the molecule is OCCOC(c1ccccc1)(c1ccccc1)c1ccccc1.c1ccc(COCCOC(c2ccccc2)(c2ccccc2)c2ccccc2)cc1. The third-order valence-electron chi connectivity index (χ3n) is 9.15. The fraction of sp³-hybridized carbons (Fsp3) is 0.143. The molecule has 4 nitrogen and oxygen atoms in total. The summed E-state index contributed by atoms with van der Waals surface area (Å²) in [5.41, 5.74) is 6.19. The molecule has 0 aromatic heterocycles. The van der Waals surface area contributed by atoms with Gasteiger partial charge >= 0.3 is 0 Å².